The van der Waals surface area contributed by atoms with E-state index in [-0.39, 0.29) is 0 Å². The molecule has 0 N–H and O–H groups in total. The Morgan fingerprint density at radius 2 is 1.48 bits per heavy atom. The second-order valence-corrected chi connectivity index (χ2v) is 6.26. The smallest absolute Gasteiger partial charge is 0.0319 e. The van der Waals surface area contributed by atoms with E-state index in [1.165, 1.54) is 43.5 Å². The maximum Gasteiger partial charge on any atom is 0.0319 e. The Labute approximate surface area is 128 Å². The average molecular weight is 279 g/mol. The number of hydrogen-bond acceptors (Lipinski definition) is 1. The van der Waals surface area contributed by atoms with Gasteiger partial charge in [0.1, 0.15) is 0 Å². The summed E-state index contributed by atoms with van der Waals surface area (Å²) in [4.78, 5) is 2.64. The molecule has 1 fully saturated rings. The standard InChI is InChI=1S/C20H25N/c1-17(20-10-6-3-7-11-20)21-14-12-19(13-15-21)16-18-8-4-2-5-9-18/h2-11,17,19H,12-16H2,1H3/t17-/m1/s1. The predicted octanol–water partition coefficient (Wildman–Crippen LogP) is 4.70. The van der Waals surface area contributed by atoms with Crippen molar-refractivity contribution in [1.82, 2.24) is 4.90 Å². The lowest BCUT2D eigenvalue weighted by atomic mass is 9.89. The van der Waals surface area contributed by atoms with E-state index in [1.54, 1.807) is 0 Å². The first-order valence-corrected chi connectivity index (χ1v) is 8.16. The van der Waals surface area contributed by atoms with Gasteiger partial charge >= 0.3 is 0 Å². The third kappa shape index (κ3) is 3.74. The van der Waals surface area contributed by atoms with Crippen molar-refractivity contribution < 1.29 is 0 Å². The number of likely N-dealkylation sites (tertiary alicyclic amines) is 1. The second-order valence-electron chi connectivity index (χ2n) is 6.26. The number of piperidine rings is 1. The molecule has 0 bridgehead atoms. The molecule has 0 spiro atoms. The number of benzene rings is 2. The highest BCUT2D eigenvalue weighted by atomic mass is 15.2. The van der Waals surface area contributed by atoms with Gasteiger partial charge in [-0.25, -0.2) is 0 Å². The summed E-state index contributed by atoms with van der Waals surface area (Å²) in [5, 5.41) is 0. The van der Waals surface area contributed by atoms with Gasteiger partial charge in [-0.15, -0.1) is 0 Å². The van der Waals surface area contributed by atoms with E-state index in [9.17, 15) is 0 Å². The molecule has 0 aliphatic carbocycles. The zero-order valence-corrected chi connectivity index (χ0v) is 12.9. The first-order valence-electron chi connectivity index (χ1n) is 8.16. The van der Waals surface area contributed by atoms with E-state index in [0.717, 1.165) is 5.92 Å². The van der Waals surface area contributed by atoms with Crippen LogP contribution in [0.25, 0.3) is 0 Å². The van der Waals surface area contributed by atoms with Crippen molar-refractivity contribution in [3.05, 3.63) is 71.8 Å². The van der Waals surface area contributed by atoms with Crippen molar-refractivity contribution in [3.8, 4) is 0 Å². The predicted molar refractivity (Wildman–Crippen MR) is 89.3 cm³/mol. The van der Waals surface area contributed by atoms with Crippen molar-refractivity contribution in [2.45, 2.75) is 32.2 Å². The minimum atomic E-state index is 0.545. The van der Waals surface area contributed by atoms with Crippen LogP contribution in [-0.4, -0.2) is 18.0 Å². The van der Waals surface area contributed by atoms with Gasteiger partial charge in [0, 0.05) is 6.04 Å². The molecule has 2 aromatic rings. The Balaban J connectivity index is 1.53. The Kier molecular flexibility index (Phi) is 4.72. The highest BCUT2D eigenvalue weighted by molar-refractivity contribution is 5.19. The zero-order chi connectivity index (χ0) is 14.5. The van der Waals surface area contributed by atoms with Crippen molar-refractivity contribution in [2.75, 3.05) is 13.1 Å². The Morgan fingerprint density at radius 1 is 0.905 bits per heavy atom. The van der Waals surface area contributed by atoms with Crippen LogP contribution in [-0.2, 0) is 6.42 Å². The van der Waals surface area contributed by atoms with Crippen molar-refractivity contribution in [2.24, 2.45) is 5.92 Å². The van der Waals surface area contributed by atoms with Crippen LogP contribution in [0, 0.1) is 5.92 Å². The summed E-state index contributed by atoms with van der Waals surface area (Å²) >= 11 is 0. The molecule has 110 valence electrons. The zero-order valence-electron chi connectivity index (χ0n) is 12.9. The summed E-state index contributed by atoms with van der Waals surface area (Å²) in [6.45, 7) is 4.80. The molecular weight excluding hydrogens is 254 g/mol. The normalized spacial score (nSPS) is 18.5. The molecule has 1 nitrogen and oxygen atoms in total. The Bertz CT molecular complexity index is 526. The van der Waals surface area contributed by atoms with Gasteiger partial charge in [0.15, 0.2) is 0 Å². The molecule has 1 heterocycles. The molecule has 1 aliphatic heterocycles. The van der Waals surface area contributed by atoms with Crippen molar-refractivity contribution in [3.63, 3.8) is 0 Å². The topological polar surface area (TPSA) is 3.24 Å². The maximum absolute atomic E-state index is 2.64. The quantitative estimate of drug-likeness (QED) is 0.784. The van der Waals surface area contributed by atoms with Crippen LogP contribution in [0.15, 0.2) is 60.7 Å². The third-order valence-electron chi connectivity index (χ3n) is 4.85. The first kappa shape index (κ1) is 14.3. The van der Waals surface area contributed by atoms with Crippen LogP contribution in [0.2, 0.25) is 0 Å². The summed E-state index contributed by atoms with van der Waals surface area (Å²) in [5.41, 5.74) is 2.94. The van der Waals surface area contributed by atoms with Crippen LogP contribution in [0.3, 0.4) is 0 Å². The molecule has 0 amide bonds. The van der Waals surface area contributed by atoms with Gasteiger partial charge in [-0.1, -0.05) is 60.7 Å². The fraction of sp³-hybridized carbons (Fsp3) is 0.400. The van der Waals surface area contributed by atoms with Gasteiger partial charge in [-0.3, -0.25) is 4.90 Å². The van der Waals surface area contributed by atoms with E-state index in [2.05, 4.69) is 72.5 Å². The number of hydrogen-bond donors (Lipinski definition) is 0. The molecule has 0 radical (unpaired) electrons. The average Bonchev–Trinajstić information content (AvgIpc) is 2.57. The van der Waals surface area contributed by atoms with Crippen molar-refractivity contribution >= 4 is 0 Å². The molecule has 3 rings (SSSR count). The minimum Gasteiger partial charge on any atom is -0.297 e. The van der Waals surface area contributed by atoms with Crippen LogP contribution < -0.4 is 0 Å². The second kappa shape index (κ2) is 6.91. The lowest BCUT2D eigenvalue weighted by Crippen LogP contribution is -2.36. The van der Waals surface area contributed by atoms with E-state index >= 15 is 0 Å². The van der Waals surface area contributed by atoms with E-state index in [0.29, 0.717) is 6.04 Å². The van der Waals surface area contributed by atoms with Gasteiger partial charge in [-0.05, 0) is 56.3 Å². The molecule has 0 unspecified atom stereocenters. The van der Waals surface area contributed by atoms with Gasteiger partial charge < -0.3 is 0 Å². The van der Waals surface area contributed by atoms with E-state index < -0.39 is 0 Å². The van der Waals surface area contributed by atoms with E-state index in [1.807, 2.05) is 0 Å². The SMILES string of the molecule is C[C@H](c1ccccc1)N1CCC(Cc2ccccc2)CC1. The molecule has 2 aromatic carbocycles. The summed E-state index contributed by atoms with van der Waals surface area (Å²) in [7, 11) is 0. The molecule has 1 atom stereocenters. The summed E-state index contributed by atoms with van der Waals surface area (Å²) in [6.07, 6.45) is 3.90. The Morgan fingerprint density at radius 3 is 2.10 bits per heavy atom. The third-order valence-corrected chi connectivity index (χ3v) is 4.85. The van der Waals surface area contributed by atoms with Crippen LogP contribution in [0.1, 0.15) is 36.9 Å². The maximum atomic E-state index is 2.64. The van der Waals surface area contributed by atoms with Gasteiger partial charge in [-0.2, -0.15) is 0 Å². The van der Waals surface area contributed by atoms with Gasteiger partial charge in [0.25, 0.3) is 0 Å². The number of nitrogens with zero attached hydrogens (tertiary/aromatic N) is 1. The van der Waals surface area contributed by atoms with Crippen LogP contribution in [0.5, 0.6) is 0 Å². The molecule has 0 aromatic heterocycles. The highest BCUT2D eigenvalue weighted by Crippen LogP contribution is 2.28. The lowest BCUT2D eigenvalue weighted by Gasteiger charge is -2.36. The summed E-state index contributed by atoms with van der Waals surface area (Å²) in [6, 6.07) is 22.4. The fourth-order valence-electron chi connectivity index (χ4n) is 3.43. The highest BCUT2D eigenvalue weighted by Gasteiger charge is 2.23. The monoisotopic (exact) mass is 279 g/mol. The summed E-state index contributed by atoms with van der Waals surface area (Å²) in [5.74, 6) is 0.853. The van der Waals surface area contributed by atoms with Crippen molar-refractivity contribution in [1.29, 1.82) is 0 Å². The molecule has 1 heteroatoms. The minimum absolute atomic E-state index is 0.545. The molecular formula is C20H25N. The van der Waals surface area contributed by atoms with E-state index in [4.69, 9.17) is 0 Å². The van der Waals surface area contributed by atoms with Gasteiger partial charge in [0.2, 0.25) is 0 Å². The fourth-order valence-corrected chi connectivity index (χ4v) is 3.43. The molecule has 1 saturated heterocycles. The molecule has 21 heavy (non-hydrogen) atoms. The van der Waals surface area contributed by atoms with Gasteiger partial charge in [0.05, 0.1) is 0 Å². The summed E-state index contributed by atoms with van der Waals surface area (Å²) < 4.78 is 0. The lowest BCUT2D eigenvalue weighted by molar-refractivity contribution is 0.141. The Hall–Kier alpha value is -1.60. The molecule has 1 aliphatic rings. The molecule has 0 saturated carbocycles. The first-order chi connectivity index (χ1) is 10.3. The van der Waals surface area contributed by atoms with Crippen LogP contribution in [0.4, 0.5) is 0 Å². The number of rotatable bonds is 4. The van der Waals surface area contributed by atoms with Crippen LogP contribution >= 0.6 is 0 Å². The largest absolute Gasteiger partial charge is 0.297 e.